The fourth-order valence-corrected chi connectivity index (χ4v) is 2.11. The van der Waals surface area contributed by atoms with Crippen molar-refractivity contribution in [2.24, 2.45) is 16.6 Å². The smallest absolute Gasteiger partial charge is 0.193 e. The number of benzene rings is 1. The highest BCUT2D eigenvalue weighted by molar-refractivity contribution is 14.0. The van der Waals surface area contributed by atoms with E-state index in [1.165, 1.54) is 5.56 Å². The van der Waals surface area contributed by atoms with Crippen LogP contribution in [0.1, 0.15) is 25.8 Å². The predicted octanol–water partition coefficient (Wildman–Crippen LogP) is 3.32. The van der Waals surface area contributed by atoms with Crippen LogP contribution in [0.15, 0.2) is 29.3 Å². The summed E-state index contributed by atoms with van der Waals surface area (Å²) in [5, 5.41) is 3.14. The summed E-state index contributed by atoms with van der Waals surface area (Å²) in [7, 11) is 4.18. The molecule has 0 spiro atoms. The summed E-state index contributed by atoms with van der Waals surface area (Å²) < 4.78 is 0. The third-order valence-electron chi connectivity index (χ3n) is 3.24. The molecule has 1 aromatic rings. The molecular weight excluding hydrogens is 375 g/mol. The number of hydrogen-bond donors (Lipinski definition) is 2. The average molecular weight is 404 g/mol. The van der Waals surface area contributed by atoms with E-state index in [9.17, 15) is 0 Å². The van der Waals surface area contributed by atoms with Crippen molar-refractivity contribution in [3.63, 3.8) is 0 Å². The van der Waals surface area contributed by atoms with Crippen LogP contribution in [0.3, 0.4) is 0 Å². The standard InChI is InChI=1S/C16H28N4.HI/c1-12(2)9-15(20(4)5)11-18-16(17)19-14-8-6-7-13(3)10-14;/h6-8,10,12,15H,9,11H2,1-5H3,(H3,17,18,19);1H. The molecule has 1 unspecified atom stereocenters. The van der Waals surface area contributed by atoms with E-state index in [0.717, 1.165) is 18.7 Å². The van der Waals surface area contributed by atoms with Crippen molar-refractivity contribution < 1.29 is 0 Å². The highest BCUT2D eigenvalue weighted by Crippen LogP contribution is 2.11. The fraction of sp³-hybridized carbons (Fsp3) is 0.562. The van der Waals surface area contributed by atoms with Crippen molar-refractivity contribution >= 4 is 35.6 Å². The van der Waals surface area contributed by atoms with Crippen molar-refractivity contribution in [2.75, 3.05) is 26.0 Å². The zero-order valence-corrected chi connectivity index (χ0v) is 16.1. The van der Waals surface area contributed by atoms with E-state index >= 15 is 0 Å². The van der Waals surface area contributed by atoms with Crippen LogP contribution in [0.2, 0.25) is 0 Å². The molecule has 120 valence electrons. The van der Waals surface area contributed by atoms with Gasteiger partial charge in [-0.25, -0.2) is 0 Å². The highest BCUT2D eigenvalue weighted by atomic mass is 127. The molecule has 4 nitrogen and oxygen atoms in total. The number of hydrogen-bond acceptors (Lipinski definition) is 2. The molecule has 0 aliphatic heterocycles. The predicted molar refractivity (Wildman–Crippen MR) is 104 cm³/mol. The van der Waals surface area contributed by atoms with Crippen LogP contribution >= 0.6 is 24.0 Å². The van der Waals surface area contributed by atoms with E-state index in [1.54, 1.807) is 0 Å². The van der Waals surface area contributed by atoms with Crippen LogP contribution < -0.4 is 11.1 Å². The Morgan fingerprint density at radius 3 is 2.52 bits per heavy atom. The summed E-state index contributed by atoms with van der Waals surface area (Å²) in [6.45, 7) is 7.24. The van der Waals surface area contributed by atoms with Crippen LogP contribution in [0.5, 0.6) is 0 Å². The first-order valence-electron chi connectivity index (χ1n) is 7.18. The van der Waals surface area contributed by atoms with Gasteiger partial charge >= 0.3 is 0 Å². The molecule has 0 bridgehead atoms. The third kappa shape index (κ3) is 8.26. The molecule has 0 heterocycles. The van der Waals surface area contributed by atoms with E-state index in [4.69, 9.17) is 5.73 Å². The summed E-state index contributed by atoms with van der Waals surface area (Å²) in [5.41, 5.74) is 8.14. The topological polar surface area (TPSA) is 53.6 Å². The number of nitrogens with two attached hydrogens (primary N) is 1. The Morgan fingerprint density at radius 1 is 1.33 bits per heavy atom. The van der Waals surface area contributed by atoms with Crippen molar-refractivity contribution in [1.82, 2.24) is 4.90 Å². The number of likely N-dealkylation sites (N-methyl/N-ethyl adjacent to an activating group) is 1. The molecule has 0 aliphatic rings. The zero-order valence-electron chi connectivity index (χ0n) is 13.8. The summed E-state index contributed by atoms with van der Waals surface area (Å²) in [6.07, 6.45) is 1.12. The molecule has 0 amide bonds. The molecule has 0 fully saturated rings. The molecule has 5 heteroatoms. The molecule has 0 saturated carbocycles. The number of nitrogens with zero attached hydrogens (tertiary/aromatic N) is 2. The van der Waals surface area contributed by atoms with E-state index in [0.29, 0.717) is 17.9 Å². The lowest BCUT2D eigenvalue weighted by atomic mass is 10.0. The molecule has 0 aliphatic carbocycles. The third-order valence-corrected chi connectivity index (χ3v) is 3.24. The second-order valence-corrected chi connectivity index (χ2v) is 5.97. The number of halogens is 1. The van der Waals surface area contributed by atoms with Crippen LogP contribution in [0.25, 0.3) is 0 Å². The molecular formula is C16H29IN4. The normalized spacial score (nSPS) is 13.2. The zero-order chi connectivity index (χ0) is 15.1. The lowest BCUT2D eigenvalue weighted by Crippen LogP contribution is -2.34. The van der Waals surface area contributed by atoms with Gasteiger partial charge in [0.15, 0.2) is 5.96 Å². The molecule has 1 aromatic carbocycles. The van der Waals surface area contributed by atoms with Gasteiger partial charge in [0.1, 0.15) is 0 Å². The molecule has 21 heavy (non-hydrogen) atoms. The van der Waals surface area contributed by atoms with Crippen LogP contribution in [-0.2, 0) is 0 Å². The molecule has 1 rings (SSSR count). The largest absolute Gasteiger partial charge is 0.370 e. The van der Waals surface area contributed by atoms with Crippen molar-refractivity contribution in [3.8, 4) is 0 Å². The van der Waals surface area contributed by atoms with Crippen molar-refractivity contribution in [3.05, 3.63) is 29.8 Å². The lowest BCUT2D eigenvalue weighted by Gasteiger charge is -2.24. The number of aryl methyl sites for hydroxylation is 1. The Morgan fingerprint density at radius 2 is 2.00 bits per heavy atom. The Kier molecular flexibility index (Phi) is 9.61. The van der Waals surface area contributed by atoms with Gasteiger partial charge in [0.05, 0.1) is 6.54 Å². The summed E-state index contributed by atoms with van der Waals surface area (Å²) >= 11 is 0. The van der Waals surface area contributed by atoms with E-state index < -0.39 is 0 Å². The van der Waals surface area contributed by atoms with Gasteiger partial charge in [-0.1, -0.05) is 26.0 Å². The minimum atomic E-state index is 0. The molecule has 3 N–H and O–H groups in total. The van der Waals surface area contributed by atoms with Gasteiger partial charge < -0.3 is 16.0 Å². The Labute approximate surface area is 146 Å². The number of guanidine groups is 1. The molecule has 1 atom stereocenters. The molecule has 0 aromatic heterocycles. The van der Waals surface area contributed by atoms with Crippen molar-refractivity contribution in [1.29, 1.82) is 0 Å². The quantitative estimate of drug-likeness (QED) is 0.435. The first-order chi connectivity index (χ1) is 9.38. The maximum atomic E-state index is 5.96. The van der Waals surface area contributed by atoms with E-state index in [-0.39, 0.29) is 24.0 Å². The summed E-state index contributed by atoms with van der Waals surface area (Å²) in [4.78, 5) is 6.68. The van der Waals surface area contributed by atoms with Crippen LogP contribution in [-0.4, -0.2) is 37.5 Å². The van der Waals surface area contributed by atoms with Gasteiger partial charge in [-0.2, -0.15) is 0 Å². The maximum Gasteiger partial charge on any atom is 0.193 e. The van der Waals surface area contributed by atoms with Gasteiger partial charge in [-0.15, -0.1) is 24.0 Å². The first kappa shape index (κ1) is 20.2. The van der Waals surface area contributed by atoms with E-state index in [2.05, 4.69) is 62.2 Å². The number of nitrogens with one attached hydrogen (secondary N) is 1. The van der Waals surface area contributed by atoms with Crippen LogP contribution in [0.4, 0.5) is 5.69 Å². The number of anilines is 1. The number of rotatable bonds is 6. The summed E-state index contributed by atoms with van der Waals surface area (Å²) in [6, 6.07) is 8.54. The minimum Gasteiger partial charge on any atom is -0.370 e. The van der Waals surface area contributed by atoms with E-state index in [1.807, 2.05) is 12.1 Å². The van der Waals surface area contributed by atoms with Gasteiger partial charge in [0, 0.05) is 11.7 Å². The average Bonchev–Trinajstić information content (AvgIpc) is 2.33. The maximum absolute atomic E-state index is 5.96. The van der Waals surface area contributed by atoms with Gasteiger partial charge in [0.25, 0.3) is 0 Å². The monoisotopic (exact) mass is 404 g/mol. The number of aliphatic imine (C=N–C) groups is 1. The Bertz CT molecular complexity index is 444. The second-order valence-electron chi connectivity index (χ2n) is 5.97. The van der Waals surface area contributed by atoms with Crippen molar-refractivity contribution in [2.45, 2.75) is 33.2 Å². The first-order valence-corrected chi connectivity index (χ1v) is 7.18. The SMILES string of the molecule is Cc1cccc(NC(N)=NCC(CC(C)C)N(C)C)c1.I. The second kappa shape index (κ2) is 10.00. The minimum absolute atomic E-state index is 0. The molecule has 0 saturated heterocycles. The Balaban J connectivity index is 0.00000400. The van der Waals surface area contributed by atoms with Gasteiger partial charge in [-0.05, 0) is 51.1 Å². The molecule has 0 radical (unpaired) electrons. The van der Waals surface area contributed by atoms with Gasteiger partial charge in [0.2, 0.25) is 0 Å². The fourth-order valence-electron chi connectivity index (χ4n) is 2.11. The summed E-state index contributed by atoms with van der Waals surface area (Å²) in [5.74, 6) is 1.13. The van der Waals surface area contributed by atoms with Gasteiger partial charge in [-0.3, -0.25) is 4.99 Å². The lowest BCUT2D eigenvalue weighted by molar-refractivity contribution is 0.261. The Hall–Kier alpha value is -0.820. The highest BCUT2D eigenvalue weighted by Gasteiger charge is 2.12. The van der Waals surface area contributed by atoms with Crippen LogP contribution in [0, 0.1) is 12.8 Å².